The molecule has 2 aromatic carbocycles. The van der Waals surface area contributed by atoms with E-state index in [0.717, 1.165) is 17.0 Å². The van der Waals surface area contributed by atoms with E-state index in [1.165, 1.54) is 12.1 Å². The summed E-state index contributed by atoms with van der Waals surface area (Å²) in [4.78, 5) is 10.8. The Kier molecular flexibility index (Phi) is 3.60. The molecule has 0 saturated carbocycles. The Balaban J connectivity index is 2.11. The van der Waals surface area contributed by atoms with Gasteiger partial charge in [0.15, 0.2) is 0 Å². The molecule has 0 saturated heterocycles. The van der Waals surface area contributed by atoms with E-state index < -0.39 is 11.6 Å². The maximum Gasteiger partial charge on any atom is 0.275 e. The average molecular weight is 316 g/mol. The molecule has 0 spiro atoms. The predicted octanol–water partition coefficient (Wildman–Crippen LogP) is 4.49. The van der Waals surface area contributed by atoms with Crippen molar-refractivity contribution in [3.05, 3.63) is 75.0 Å². The maximum absolute atomic E-state index is 13.3. The van der Waals surface area contributed by atoms with Crippen molar-refractivity contribution in [3.8, 4) is 0 Å². The minimum absolute atomic E-state index is 0.104. The molecule has 0 atom stereocenters. The lowest BCUT2D eigenvalue weighted by Crippen LogP contribution is -2.01. The van der Waals surface area contributed by atoms with Gasteiger partial charge in [0.25, 0.3) is 5.69 Å². The summed E-state index contributed by atoms with van der Waals surface area (Å²) in [6.45, 7) is 3.68. The molecule has 0 bridgehead atoms. The Labute approximate surface area is 131 Å². The largest absolute Gasteiger partial charge is 0.343 e. The third-order valence-electron chi connectivity index (χ3n) is 3.95. The molecule has 1 aromatic heterocycles. The second kappa shape index (κ2) is 5.46. The van der Waals surface area contributed by atoms with Crippen molar-refractivity contribution in [1.29, 1.82) is 0 Å². The van der Waals surface area contributed by atoms with Crippen LogP contribution >= 0.6 is 0 Å². The fourth-order valence-electron chi connectivity index (χ4n) is 2.98. The standard InChI is InChI=1S/C17H14F2N2O2/c1-10-5-16-15(11(2)17(10)21(22)23)3-4-20(16)9-12-6-13(18)8-14(19)7-12/h3-8H,9H2,1-2H3. The molecule has 0 fully saturated rings. The zero-order chi connectivity index (χ0) is 16.7. The van der Waals surface area contributed by atoms with Crippen molar-refractivity contribution in [1.82, 2.24) is 4.57 Å². The highest BCUT2D eigenvalue weighted by atomic mass is 19.1. The molecule has 0 amide bonds. The van der Waals surface area contributed by atoms with Crippen molar-refractivity contribution in [3.63, 3.8) is 0 Å². The second-order valence-electron chi connectivity index (χ2n) is 5.58. The van der Waals surface area contributed by atoms with Gasteiger partial charge in [-0.3, -0.25) is 10.1 Å². The third kappa shape index (κ3) is 2.67. The molecule has 6 heteroatoms. The molecular formula is C17H14F2N2O2. The fourth-order valence-corrected chi connectivity index (χ4v) is 2.98. The molecule has 3 aromatic rings. The summed E-state index contributed by atoms with van der Waals surface area (Å²) in [5.41, 5.74) is 2.55. The third-order valence-corrected chi connectivity index (χ3v) is 3.95. The van der Waals surface area contributed by atoms with Gasteiger partial charge in [0.1, 0.15) is 11.6 Å². The average Bonchev–Trinajstić information content (AvgIpc) is 2.80. The van der Waals surface area contributed by atoms with Gasteiger partial charge in [-0.25, -0.2) is 8.78 Å². The van der Waals surface area contributed by atoms with Crippen LogP contribution < -0.4 is 0 Å². The van der Waals surface area contributed by atoms with E-state index in [9.17, 15) is 18.9 Å². The van der Waals surface area contributed by atoms with Gasteiger partial charge in [-0.1, -0.05) is 0 Å². The number of benzene rings is 2. The number of aromatic nitrogens is 1. The van der Waals surface area contributed by atoms with Crippen LogP contribution in [0.4, 0.5) is 14.5 Å². The normalized spacial score (nSPS) is 11.1. The number of hydrogen-bond acceptors (Lipinski definition) is 2. The van der Waals surface area contributed by atoms with Crippen LogP contribution in [0.1, 0.15) is 16.7 Å². The zero-order valence-corrected chi connectivity index (χ0v) is 12.6. The van der Waals surface area contributed by atoms with E-state index >= 15 is 0 Å². The lowest BCUT2D eigenvalue weighted by atomic mass is 10.0. The summed E-state index contributed by atoms with van der Waals surface area (Å²) in [6, 6.07) is 6.90. The highest BCUT2D eigenvalue weighted by Crippen LogP contribution is 2.31. The summed E-state index contributed by atoms with van der Waals surface area (Å²) < 4.78 is 28.5. The SMILES string of the molecule is Cc1cc2c(ccn2Cc2cc(F)cc(F)c2)c(C)c1[N+](=O)[O-]. The Bertz CT molecular complexity index is 912. The van der Waals surface area contributed by atoms with Crippen molar-refractivity contribution in [2.45, 2.75) is 20.4 Å². The first-order valence-electron chi connectivity index (χ1n) is 7.05. The van der Waals surface area contributed by atoms with Crippen LogP contribution in [0.25, 0.3) is 10.9 Å². The Hall–Kier alpha value is -2.76. The number of rotatable bonds is 3. The van der Waals surface area contributed by atoms with E-state index in [1.807, 2.05) is 4.57 Å². The highest BCUT2D eigenvalue weighted by Gasteiger charge is 2.19. The molecule has 0 aliphatic heterocycles. The number of hydrogen-bond donors (Lipinski definition) is 0. The van der Waals surface area contributed by atoms with Crippen molar-refractivity contribution < 1.29 is 13.7 Å². The zero-order valence-electron chi connectivity index (χ0n) is 12.6. The molecule has 4 nitrogen and oxygen atoms in total. The number of nitro groups is 1. The van der Waals surface area contributed by atoms with Crippen LogP contribution in [-0.2, 0) is 6.54 Å². The molecular weight excluding hydrogens is 302 g/mol. The molecule has 0 radical (unpaired) electrons. The number of nitrogens with zero attached hydrogens (tertiary/aromatic N) is 2. The predicted molar refractivity (Wildman–Crippen MR) is 83.5 cm³/mol. The van der Waals surface area contributed by atoms with Gasteiger partial charge in [-0.05, 0) is 43.7 Å². The van der Waals surface area contributed by atoms with Crippen molar-refractivity contribution in [2.75, 3.05) is 0 Å². The molecule has 0 unspecified atom stereocenters. The Morgan fingerprint density at radius 1 is 1.13 bits per heavy atom. The molecule has 0 N–H and O–H groups in total. The van der Waals surface area contributed by atoms with Gasteiger partial charge in [0.05, 0.1) is 4.92 Å². The smallest absolute Gasteiger partial charge is 0.275 e. The quantitative estimate of drug-likeness (QED) is 0.528. The maximum atomic E-state index is 13.3. The summed E-state index contributed by atoms with van der Waals surface area (Å²) in [5.74, 6) is -1.25. The Morgan fingerprint density at radius 3 is 2.39 bits per heavy atom. The van der Waals surface area contributed by atoms with Crippen LogP contribution in [0.15, 0.2) is 36.5 Å². The van der Waals surface area contributed by atoms with Crippen LogP contribution in [0.5, 0.6) is 0 Å². The van der Waals surface area contributed by atoms with Gasteiger partial charge in [-0.2, -0.15) is 0 Å². The topological polar surface area (TPSA) is 48.1 Å². The van der Waals surface area contributed by atoms with E-state index in [4.69, 9.17) is 0 Å². The number of fused-ring (bicyclic) bond motifs is 1. The van der Waals surface area contributed by atoms with E-state index in [-0.39, 0.29) is 17.2 Å². The van der Waals surface area contributed by atoms with Crippen molar-refractivity contribution in [2.24, 2.45) is 0 Å². The summed E-state index contributed by atoms with van der Waals surface area (Å²) in [7, 11) is 0. The summed E-state index contributed by atoms with van der Waals surface area (Å²) in [6.07, 6.45) is 1.77. The molecule has 0 aliphatic rings. The first-order valence-corrected chi connectivity index (χ1v) is 7.05. The molecule has 1 heterocycles. The van der Waals surface area contributed by atoms with E-state index in [1.54, 1.807) is 32.2 Å². The molecule has 23 heavy (non-hydrogen) atoms. The van der Waals surface area contributed by atoms with E-state index in [2.05, 4.69) is 0 Å². The van der Waals surface area contributed by atoms with Crippen LogP contribution in [0, 0.1) is 35.6 Å². The number of nitro benzene ring substituents is 1. The molecule has 3 rings (SSSR count). The fraction of sp³-hybridized carbons (Fsp3) is 0.176. The summed E-state index contributed by atoms with van der Waals surface area (Å²) in [5, 5.41) is 11.9. The van der Waals surface area contributed by atoms with Gasteiger partial charge < -0.3 is 4.57 Å². The minimum atomic E-state index is -0.625. The first-order chi connectivity index (χ1) is 10.9. The molecule has 118 valence electrons. The van der Waals surface area contributed by atoms with Crippen molar-refractivity contribution >= 4 is 16.6 Å². The number of halogens is 2. The summed E-state index contributed by atoms with van der Waals surface area (Å²) >= 11 is 0. The monoisotopic (exact) mass is 316 g/mol. The van der Waals surface area contributed by atoms with Gasteiger partial charge in [0.2, 0.25) is 0 Å². The van der Waals surface area contributed by atoms with Crippen LogP contribution in [0.3, 0.4) is 0 Å². The Morgan fingerprint density at radius 2 is 1.78 bits per heavy atom. The lowest BCUT2D eigenvalue weighted by Gasteiger charge is -2.09. The number of aryl methyl sites for hydroxylation is 2. The first kappa shape index (κ1) is 15.1. The second-order valence-corrected chi connectivity index (χ2v) is 5.58. The highest BCUT2D eigenvalue weighted by molar-refractivity contribution is 5.88. The van der Waals surface area contributed by atoms with Gasteiger partial charge in [-0.15, -0.1) is 0 Å². The minimum Gasteiger partial charge on any atom is -0.343 e. The van der Waals surface area contributed by atoms with Gasteiger partial charge >= 0.3 is 0 Å². The van der Waals surface area contributed by atoms with Crippen LogP contribution in [0.2, 0.25) is 0 Å². The van der Waals surface area contributed by atoms with Gasteiger partial charge in [0, 0.05) is 40.8 Å². The van der Waals surface area contributed by atoms with Crippen LogP contribution in [-0.4, -0.2) is 9.49 Å². The lowest BCUT2D eigenvalue weighted by molar-refractivity contribution is -0.385. The molecule has 0 aliphatic carbocycles. The van der Waals surface area contributed by atoms with E-state index in [0.29, 0.717) is 16.7 Å².